The topological polar surface area (TPSA) is 33.5 Å². The lowest BCUT2D eigenvalue weighted by atomic mass is 10.0. The molecule has 0 spiro atoms. The predicted octanol–water partition coefficient (Wildman–Crippen LogP) is 1.30. The number of nitrogens with one attached hydrogen (secondary N) is 2. The average Bonchev–Trinajstić information content (AvgIpc) is 2.90. The van der Waals surface area contributed by atoms with Crippen LogP contribution in [-0.4, -0.2) is 20.0 Å². The number of quaternary nitrogens is 1. The van der Waals surface area contributed by atoms with Crippen molar-refractivity contribution in [2.24, 2.45) is 5.92 Å². The molecule has 0 fully saturated rings. The number of carbonyl (C=O) groups is 1. The summed E-state index contributed by atoms with van der Waals surface area (Å²) in [7, 11) is 4.28. The number of benzene rings is 1. The Hall–Kier alpha value is -1.61. The highest BCUT2D eigenvalue weighted by molar-refractivity contribution is 5.76. The number of rotatable bonds is 6. The van der Waals surface area contributed by atoms with Gasteiger partial charge >= 0.3 is 0 Å². The third kappa shape index (κ3) is 4.49. The first-order valence-electron chi connectivity index (χ1n) is 7.44. The van der Waals surface area contributed by atoms with Gasteiger partial charge in [0.25, 0.3) is 0 Å². The number of hydrogen-bond donors (Lipinski definition) is 2. The van der Waals surface area contributed by atoms with E-state index in [4.69, 9.17) is 0 Å². The standard InChI is InChI=1S/C17H24N2O/c1-19(2)13-16-10-6-5-9-15(16)12-18-17(20)11-14-7-3-4-8-14/h3,5-7,9-10,14H,4,8,11-13H2,1-2H3,(H,18,20)/p+1/t14-/m0/s1. The van der Waals surface area contributed by atoms with Gasteiger partial charge in [-0.15, -0.1) is 0 Å². The van der Waals surface area contributed by atoms with Crippen LogP contribution < -0.4 is 10.2 Å². The number of hydrogen-bond acceptors (Lipinski definition) is 1. The van der Waals surface area contributed by atoms with E-state index in [9.17, 15) is 4.79 Å². The summed E-state index contributed by atoms with van der Waals surface area (Å²) in [5.74, 6) is 0.602. The molecule has 108 valence electrons. The second-order valence-electron chi connectivity index (χ2n) is 5.90. The zero-order valence-electron chi connectivity index (χ0n) is 12.5. The normalized spacial score (nSPS) is 17.6. The lowest BCUT2D eigenvalue weighted by Crippen LogP contribution is -3.04. The van der Waals surface area contributed by atoms with Gasteiger partial charge < -0.3 is 10.2 Å². The third-order valence-corrected chi connectivity index (χ3v) is 3.70. The zero-order chi connectivity index (χ0) is 14.4. The van der Waals surface area contributed by atoms with E-state index in [1.54, 1.807) is 0 Å². The van der Waals surface area contributed by atoms with Crippen molar-refractivity contribution in [2.75, 3.05) is 14.1 Å². The minimum absolute atomic E-state index is 0.161. The van der Waals surface area contributed by atoms with E-state index in [-0.39, 0.29) is 5.91 Å². The van der Waals surface area contributed by atoms with Crippen LogP contribution in [0.5, 0.6) is 0 Å². The van der Waals surface area contributed by atoms with Crippen molar-refractivity contribution in [1.82, 2.24) is 5.32 Å². The Morgan fingerprint density at radius 2 is 2.05 bits per heavy atom. The Bertz CT molecular complexity index is 480. The first-order valence-corrected chi connectivity index (χ1v) is 7.44. The quantitative estimate of drug-likeness (QED) is 0.753. The fourth-order valence-electron chi connectivity index (χ4n) is 2.65. The molecule has 20 heavy (non-hydrogen) atoms. The number of amides is 1. The van der Waals surface area contributed by atoms with Gasteiger partial charge in [0.05, 0.1) is 14.1 Å². The van der Waals surface area contributed by atoms with E-state index < -0.39 is 0 Å². The lowest BCUT2D eigenvalue weighted by molar-refractivity contribution is -0.872. The molecule has 3 nitrogen and oxygen atoms in total. The van der Waals surface area contributed by atoms with Crippen molar-refractivity contribution >= 4 is 5.91 Å². The van der Waals surface area contributed by atoms with Crippen molar-refractivity contribution in [1.29, 1.82) is 0 Å². The Balaban J connectivity index is 1.86. The molecular weight excluding hydrogens is 248 g/mol. The van der Waals surface area contributed by atoms with Gasteiger partial charge in [-0.3, -0.25) is 4.79 Å². The molecule has 0 saturated heterocycles. The Kier molecular flexibility index (Phi) is 5.36. The van der Waals surface area contributed by atoms with Crippen LogP contribution in [0.15, 0.2) is 36.4 Å². The molecule has 0 bridgehead atoms. The highest BCUT2D eigenvalue weighted by Gasteiger charge is 2.14. The summed E-state index contributed by atoms with van der Waals surface area (Å²) in [4.78, 5) is 13.3. The monoisotopic (exact) mass is 273 g/mol. The van der Waals surface area contributed by atoms with Crippen LogP contribution in [0.4, 0.5) is 0 Å². The summed E-state index contributed by atoms with van der Waals surface area (Å²) in [5, 5.41) is 3.06. The highest BCUT2D eigenvalue weighted by Crippen LogP contribution is 2.20. The maximum absolute atomic E-state index is 12.0. The van der Waals surface area contributed by atoms with Crippen LogP contribution in [0.25, 0.3) is 0 Å². The van der Waals surface area contributed by atoms with E-state index >= 15 is 0 Å². The Morgan fingerprint density at radius 3 is 2.70 bits per heavy atom. The van der Waals surface area contributed by atoms with E-state index in [0.717, 1.165) is 19.4 Å². The number of carbonyl (C=O) groups excluding carboxylic acids is 1. The molecule has 0 radical (unpaired) electrons. The summed E-state index contributed by atoms with van der Waals surface area (Å²) in [6.07, 6.45) is 7.20. The molecule has 0 aromatic heterocycles. The molecule has 0 unspecified atom stereocenters. The number of allylic oxidation sites excluding steroid dienone is 2. The minimum Gasteiger partial charge on any atom is -0.352 e. The fraction of sp³-hybridized carbons (Fsp3) is 0.471. The second-order valence-corrected chi connectivity index (χ2v) is 5.90. The van der Waals surface area contributed by atoms with Crippen LogP contribution in [0.3, 0.4) is 0 Å². The molecule has 0 aliphatic heterocycles. The van der Waals surface area contributed by atoms with Crippen LogP contribution in [0.1, 0.15) is 30.4 Å². The summed E-state index contributed by atoms with van der Waals surface area (Å²) in [6.45, 7) is 1.62. The SMILES string of the molecule is C[NH+](C)Cc1ccccc1CNC(=O)C[C@H]1C=CCC1. The van der Waals surface area contributed by atoms with Crippen molar-refractivity contribution in [3.05, 3.63) is 47.5 Å². The van der Waals surface area contributed by atoms with Crippen LogP contribution in [-0.2, 0) is 17.9 Å². The molecular formula is C17H25N2O+. The van der Waals surface area contributed by atoms with Crippen molar-refractivity contribution in [3.63, 3.8) is 0 Å². The molecule has 0 saturated carbocycles. The minimum atomic E-state index is 0.161. The molecule has 2 N–H and O–H groups in total. The average molecular weight is 273 g/mol. The third-order valence-electron chi connectivity index (χ3n) is 3.70. The Labute approximate surface area is 121 Å². The van der Waals surface area contributed by atoms with Gasteiger partial charge in [-0.05, 0) is 24.3 Å². The van der Waals surface area contributed by atoms with Crippen molar-refractivity contribution in [2.45, 2.75) is 32.4 Å². The largest absolute Gasteiger partial charge is 0.352 e. The van der Waals surface area contributed by atoms with E-state index in [2.05, 4.69) is 49.8 Å². The van der Waals surface area contributed by atoms with Crippen molar-refractivity contribution in [3.8, 4) is 0 Å². The molecule has 1 aromatic rings. The maximum atomic E-state index is 12.0. The first-order chi connectivity index (χ1) is 9.65. The van der Waals surface area contributed by atoms with Gasteiger partial charge in [0.1, 0.15) is 6.54 Å². The second kappa shape index (κ2) is 7.25. The van der Waals surface area contributed by atoms with Crippen LogP contribution >= 0.6 is 0 Å². The van der Waals surface area contributed by atoms with Gasteiger partial charge in [-0.25, -0.2) is 0 Å². The smallest absolute Gasteiger partial charge is 0.220 e. The molecule has 1 amide bonds. The summed E-state index contributed by atoms with van der Waals surface area (Å²) >= 11 is 0. The van der Waals surface area contributed by atoms with Crippen molar-refractivity contribution < 1.29 is 9.69 Å². The van der Waals surface area contributed by atoms with Gasteiger partial charge in [-0.1, -0.05) is 36.4 Å². The maximum Gasteiger partial charge on any atom is 0.220 e. The van der Waals surface area contributed by atoms with Gasteiger partial charge in [0, 0.05) is 18.5 Å². The van der Waals surface area contributed by atoms with Crippen LogP contribution in [0.2, 0.25) is 0 Å². The molecule has 2 rings (SSSR count). The van der Waals surface area contributed by atoms with Gasteiger partial charge in [0.15, 0.2) is 0 Å². The van der Waals surface area contributed by atoms with E-state index in [1.807, 2.05) is 6.07 Å². The summed E-state index contributed by atoms with van der Waals surface area (Å²) in [6, 6.07) is 8.35. The van der Waals surface area contributed by atoms with Crippen LogP contribution in [0, 0.1) is 5.92 Å². The Morgan fingerprint density at radius 1 is 1.30 bits per heavy atom. The van der Waals surface area contributed by atoms with Gasteiger partial charge in [0.2, 0.25) is 5.91 Å². The fourth-order valence-corrected chi connectivity index (χ4v) is 2.65. The van der Waals surface area contributed by atoms with E-state index in [1.165, 1.54) is 16.0 Å². The summed E-state index contributed by atoms with van der Waals surface area (Å²) < 4.78 is 0. The molecule has 1 aromatic carbocycles. The zero-order valence-corrected chi connectivity index (χ0v) is 12.5. The molecule has 3 heteroatoms. The molecule has 1 atom stereocenters. The highest BCUT2D eigenvalue weighted by atomic mass is 16.1. The predicted molar refractivity (Wildman–Crippen MR) is 81.3 cm³/mol. The summed E-state index contributed by atoms with van der Waals surface area (Å²) in [5.41, 5.74) is 2.54. The van der Waals surface area contributed by atoms with E-state index in [0.29, 0.717) is 18.9 Å². The molecule has 0 heterocycles. The van der Waals surface area contributed by atoms with Gasteiger partial charge in [-0.2, -0.15) is 0 Å². The first kappa shape index (κ1) is 14.8. The molecule has 1 aliphatic carbocycles. The molecule has 1 aliphatic rings. The lowest BCUT2D eigenvalue weighted by Gasteiger charge is -2.13.